The first-order valence-electron chi connectivity index (χ1n) is 10.4. The summed E-state index contributed by atoms with van der Waals surface area (Å²) >= 11 is 3.32. The standard InChI is InChI=1S/C25H25N3OS2/c1-4-18-10-11-22-23(13-18)31-25(27-22)28(16-19-7-6-12-26-15-19)24(29)20-8-5-9-21(14-20)30-17(2)3/h5-15,17H,4,16H2,1-3H3. The van der Waals surface area contributed by atoms with Crippen LogP contribution in [0, 0.1) is 0 Å². The Morgan fingerprint density at radius 1 is 1.10 bits per heavy atom. The van der Waals surface area contributed by atoms with Gasteiger partial charge in [0, 0.05) is 28.1 Å². The Labute approximate surface area is 191 Å². The summed E-state index contributed by atoms with van der Waals surface area (Å²) < 4.78 is 1.10. The number of pyridine rings is 1. The van der Waals surface area contributed by atoms with Crippen molar-refractivity contribution in [3.8, 4) is 0 Å². The maximum absolute atomic E-state index is 13.7. The lowest BCUT2D eigenvalue weighted by Gasteiger charge is -2.20. The average molecular weight is 448 g/mol. The number of benzene rings is 2. The van der Waals surface area contributed by atoms with Crippen molar-refractivity contribution in [1.29, 1.82) is 0 Å². The molecule has 0 unspecified atom stereocenters. The zero-order chi connectivity index (χ0) is 21.8. The molecule has 2 aromatic carbocycles. The molecule has 4 rings (SSSR count). The highest BCUT2D eigenvalue weighted by Gasteiger charge is 2.22. The number of amides is 1. The molecule has 0 saturated carbocycles. The summed E-state index contributed by atoms with van der Waals surface area (Å²) in [6, 6.07) is 18.1. The molecule has 0 saturated heterocycles. The molecule has 1 amide bonds. The second-order valence-electron chi connectivity index (χ2n) is 7.60. The molecule has 0 aliphatic heterocycles. The fourth-order valence-electron chi connectivity index (χ4n) is 3.32. The van der Waals surface area contributed by atoms with Gasteiger partial charge in [-0.05, 0) is 53.9 Å². The Kier molecular flexibility index (Phi) is 6.68. The monoisotopic (exact) mass is 447 g/mol. The number of carbonyl (C=O) groups excluding carboxylic acids is 1. The van der Waals surface area contributed by atoms with Crippen LogP contribution in [0.25, 0.3) is 10.2 Å². The second-order valence-corrected chi connectivity index (χ2v) is 10.3. The SMILES string of the molecule is CCc1ccc2nc(N(Cc3cccnc3)C(=O)c3cccc(SC(C)C)c3)sc2c1. The minimum Gasteiger partial charge on any atom is -0.279 e. The van der Waals surface area contributed by atoms with Gasteiger partial charge in [0.15, 0.2) is 5.13 Å². The van der Waals surface area contributed by atoms with Gasteiger partial charge in [0.1, 0.15) is 0 Å². The molecule has 6 heteroatoms. The maximum Gasteiger partial charge on any atom is 0.260 e. The highest BCUT2D eigenvalue weighted by molar-refractivity contribution is 7.99. The van der Waals surface area contributed by atoms with Crippen molar-refractivity contribution in [1.82, 2.24) is 9.97 Å². The van der Waals surface area contributed by atoms with E-state index in [-0.39, 0.29) is 5.91 Å². The van der Waals surface area contributed by atoms with Crippen molar-refractivity contribution in [2.24, 2.45) is 0 Å². The quantitative estimate of drug-likeness (QED) is 0.299. The van der Waals surface area contributed by atoms with Crippen LogP contribution in [0.2, 0.25) is 0 Å². The molecule has 0 radical (unpaired) electrons. The highest BCUT2D eigenvalue weighted by atomic mass is 32.2. The molecule has 0 aliphatic carbocycles. The fourth-order valence-corrected chi connectivity index (χ4v) is 5.25. The van der Waals surface area contributed by atoms with E-state index in [1.165, 1.54) is 5.56 Å². The first-order valence-corrected chi connectivity index (χ1v) is 12.1. The summed E-state index contributed by atoms with van der Waals surface area (Å²) in [5, 5.41) is 1.16. The Bertz CT molecular complexity index is 1190. The second kappa shape index (κ2) is 9.62. The van der Waals surface area contributed by atoms with Gasteiger partial charge < -0.3 is 0 Å². The van der Waals surface area contributed by atoms with Crippen LogP contribution in [0.3, 0.4) is 0 Å². The Balaban J connectivity index is 1.73. The third kappa shape index (κ3) is 5.14. The van der Waals surface area contributed by atoms with E-state index < -0.39 is 0 Å². The Morgan fingerprint density at radius 3 is 2.71 bits per heavy atom. The first-order chi connectivity index (χ1) is 15.0. The smallest absolute Gasteiger partial charge is 0.260 e. The number of rotatable bonds is 7. The molecule has 31 heavy (non-hydrogen) atoms. The molecule has 158 valence electrons. The van der Waals surface area contributed by atoms with Gasteiger partial charge in [-0.3, -0.25) is 14.7 Å². The van der Waals surface area contributed by atoms with Gasteiger partial charge in [0.05, 0.1) is 16.8 Å². The van der Waals surface area contributed by atoms with Crippen molar-refractivity contribution in [2.75, 3.05) is 4.90 Å². The zero-order valence-corrected chi connectivity index (χ0v) is 19.5. The van der Waals surface area contributed by atoms with Crippen LogP contribution >= 0.6 is 23.1 Å². The highest BCUT2D eigenvalue weighted by Crippen LogP contribution is 2.32. The molecule has 0 spiro atoms. The molecule has 2 heterocycles. The third-order valence-corrected chi connectivity index (χ3v) is 6.88. The van der Waals surface area contributed by atoms with Gasteiger partial charge >= 0.3 is 0 Å². The van der Waals surface area contributed by atoms with Crippen molar-refractivity contribution < 1.29 is 4.79 Å². The van der Waals surface area contributed by atoms with Gasteiger partial charge in [0.25, 0.3) is 5.91 Å². The molecule has 4 nitrogen and oxygen atoms in total. The topological polar surface area (TPSA) is 46.1 Å². The van der Waals surface area contributed by atoms with Crippen molar-refractivity contribution >= 4 is 44.4 Å². The van der Waals surface area contributed by atoms with Crippen LogP contribution in [0.1, 0.15) is 42.3 Å². The van der Waals surface area contributed by atoms with Crippen LogP contribution in [0.4, 0.5) is 5.13 Å². The van der Waals surface area contributed by atoms with E-state index >= 15 is 0 Å². The normalized spacial score (nSPS) is 11.2. The number of aromatic nitrogens is 2. The van der Waals surface area contributed by atoms with E-state index in [4.69, 9.17) is 4.98 Å². The minimum absolute atomic E-state index is 0.0511. The number of thioether (sulfide) groups is 1. The van der Waals surface area contributed by atoms with E-state index in [1.807, 2.05) is 36.4 Å². The van der Waals surface area contributed by atoms with E-state index in [0.717, 1.165) is 27.1 Å². The zero-order valence-electron chi connectivity index (χ0n) is 17.9. The number of anilines is 1. The number of carbonyl (C=O) groups is 1. The average Bonchev–Trinajstić information content (AvgIpc) is 3.20. The van der Waals surface area contributed by atoms with Crippen molar-refractivity contribution in [3.05, 3.63) is 83.7 Å². The lowest BCUT2D eigenvalue weighted by molar-refractivity contribution is 0.0985. The molecule has 0 fully saturated rings. The number of hydrogen-bond donors (Lipinski definition) is 0. The number of nitrogens with zero attached hydrogens (tertiary/aromatic N) is 3. The van der Waals surface area contributed by atoms with Crippen LogP contribution in [0.15, 0.2) is 71.9 Å². The van der Waals surface area contributed by atoms with Crippen LogP contribution in [-0.2, 0) is 13.0 Å². The molecule has 0 N–H and O–H groups in total. The van der Waals surface area contributed by atoms with Gasteiger partial charge in [0.2, 0.25) is 0 Å². The lowest BCUT2D eigenvalue weighted by atomic mass is 10.2. The molecular weight excluding hydrogens is 422 g/mol. The largest absolute Gasteiger partial charge is 0.279 e. The van der Waals surface area contributed by atoms with E-state index in [2.05, 4.69) is 44.0 Å². The number of fused-ring (bicyclic) bond motifs is 1. The first kappa shape index (κ1) is 21.5. The summed E-state index contributed by atoms with van der Waals surface area (Å²) in [6.45, 7) is 6.87. The number of aryl methyl sites for hydroxylation is 1. The molecule has 0 bridgehead atoms. The molecule has 0 atom stereocenters. The molecular formula is C25H25N3OS2. The van der Waals surface area contributed by atoms with Crippen molar-refractivity contribution in [3.63, 3.8) is 0 Å². The van der Waals surface area contributed by atoms with E-state index in [9.17, 15) is 4.79 Å². The summed E-state index contributed by atoms with van der Waals surface area (Å²) in [5.74, 6) is -0.0511. The predicted molar refractivity (Wildman–Crippen MR) is 131 cm³/mol. The maximum atomic E-state index is 13.7. The van der Waals surface area contributed by atoms with Gasteiger partial charge in [-0.2, -0.15) is 0 Å². The summed E-state index contributed by atoms with van der Waals surface area (Å²) in [5.41, 5.74) is 3.83. The Morgan fingerprint density at radius 2 is 1.97 bits per heavy atom. The van der Waals surface area contributed by atoms with Crippen LogP contribution in [-0.4, -0.2) is 21.1 Å². The minimum atomic E-state index is -0.0511. The molecule has 2 aromatic heterocycles. The molecule has 4 aromatic rings. The summed E-state index contributed by atoms with van der Waals surface area (Å²) in [6.07, 6.45) is 4.52. The lowest BCUT2D eigenvalue weighted by Crippen LogP contribution is -2.30. The Hall–Kier alpha value is -2.70. The summed E-state index contributed by atoms with van der Waals surface area (Å²) in [7, 11) is 0. The van der Waals surface area contributed by atoms with Crippen LogP contribution < -0.4 is 4.90 Å². The van der Waals surface area contributed by atoms with Gasteiger partial charge in [-0.1, -0.05) is 50.3 Å². The number of hydrogen-bond acceptors (Lipinski definition) is 5. The van der Waals surface area contributed by atoms with E-state index in [1.54, 1.807) is 40.4 Å². The fraction of sp³-hybridized carbons (Fsp3) is 0.240. The predicted octanol–water partition coefficient (Wildman–Crippen LogP) is 6.60. The summed E-state index contributed by atoms with van der Waals surface area (Å²) in [4.78, 5) is 25.5. The van der Waals surface area contributed by atoms with Gasteiger partial charge in [-0.15, -0.1) is 11.8 Å². The number of thiazole rings is 1. The van der Waals surface area contributed by atoms with E-state index in [0.29, 0.717) is 22.5 Å². The third-order valence-electron chi connectivity index (χ3n) is 4.84. The van der Waals surface area contributed by atoms with Crippen LogP contribution in [0.5, 0.6) is 0 Å². The molecule has 0 aliphatic rings. The van der Waals surface area contributed by atoms with Crippen molar-refractivity contribution in [2.45, 2.75) is 43.9 Å². The van der Waals surface area contributed by atoms with Gasteiger partial charge in [-0.25, -0.2) is 4.98 Å².